The molecule has 2 aromatic carbocycles. The van der Waals surface area contributed by atoms with Crippen molar-refractivity contribution in [2.75, 3.05) is 13.1 Å². The van der Waals surface area contributed by atoms with Crippen LogP contribution in [0.15, 0.2) is 54.7 Å². The van der Waals surface area contributed by atoms with Crippen LogP contribution < -0.4 is 0 Å². The fraction of sp³-hybridized carbons (Fsp3) is 0.304. The lowest BCUT2D eigenvalue weighted by Crippen LogP contribution is -2.39. The van der Waals surface area contributed by atoms with E-state index in [0.717, 1.165) is 17.7 Å². The van der Waals surface area contributed by atoms with Gasteiger partial charge in [0.1, 0.15) is 17.3 Å². The molecule has 0 spiro atoms. The average Bonchev–Trinajstić information content (AvgIpc) is 3.14. The number of aryl methyl sites for hydroxylation is 1. The number of hydrogen-bond donors (Lipinski definition) is 1. The van der Waals surface area contributed by atoms with Crippen molar-refractivity contribution in [3.8, 4) is 11.3 Å². The van der Waals surface area contributed by atoms with Gasteiger partial charge in [0.05, 0.1) is 11.7 Å². The zero-order chi connectivity index (χ0) is 21.3. The van der Waals surface area contributed by atoms with Crippen LogP contribution in [-0.4, -0.2) is 38.8 Å². The van der Waals surface area contributed by atoms with Gasteiger partial charge < -0.3 is 10.0 Å². The highest BCUT2D eigenvalue weighted by Crippen LogP contribution is 2.32. The third-order valence-electron chi connectivity index (χ3n) is 5.66. The summed E-state index contributed by atoms with van der Waals surface area (Å²) < 4.78 is 29.0. The topological polar surface area (TPSA) is 58.4 Å². The normalized spacial score (nSPS) is 15.9. The van der Waals surface area contributed by atoms with Gasteiger partial charge in [0.2, 0.25) is 0 Å². The number of aliphatic hydroxyl groups is 1. The van der Waals surface area contributed by atoms with E-state index in [1.165, 1.54) is 10.7 Å². The lowest BCUT2D eigenvalue weighted by atomic mass is 9.87. The molecule has 1 saturated heterocycles. The number of piperidine rings is 1. The van der Waals surface area contributed by atoms with Crippen molar-refractivity contribution in [1.29, 1.82) is 0 Å². The van der Waals surface area contributed by atoms with Crippen molar-refractivity contribution in [2.24, 2.45) is 13.0 Å². The van der Waals surface area contributed by atoms with E-state index >= 15 is 0 Å². The number of halogens is 2. The zero-order valence-electron chi connectivity index (χ0n) is 16.6. The molecular formula is C23H23F2N3O2. The predicted molar refractivity (Wildman–Crippen MR) is 109 cm³/mol. The molecule has 3 aromatic rings. The van der Waals surface area contributed by atoms with Gasteiger partial charge in [0.25, 0.3) is 5.91 Å². The Bertz CT molecular complexity index is 1040. The number of likely N-dealkylation sites (tertiary alicyclic amines) is 1. The summed E-state index contributed by atoms with van der Waals surface area (Å²) in [5.41, 5.74) is 1.45. The van der Waals surface area contributed by atoms with Crippen LogP contribution in [0.25, 0.3) is 11.3 Å². The Hall–Kier alpha value is -3.06. The van der Waals surface area contributed by atoms with Crippen molar-refractivity contribution in [3.63, 3.8) is 0 Å². The van der Waals surface area contributed by atoms with Gasteiger partial charge in [-0.25, -0.2) is 8.78 Å². The number of benzene rings is 2. The van der Waals surface area contributed by atoms with Crippen molar-refractivity contribution in [1.82, 2.24) is 14.7 Å². The Labute approximate surface area is 173 Å². The number of nitrogens with zero attached hydrogens (tertiary/aromatic N) is 3. The number of amides is 1. The fourth-order valence-electron chi connectivity index (χ4n) is 4.04. The van der Waals surface area contributed by atoms with E-state index in [9.17, 15) is 18.7 Å². The largest absolute Gasteiger partial charge is 0.388 e. The van der Waals surface area contributed by atoms with E-state index in [1.54, 1.807) is 18.1 Å². The second-order valence-electron chi connectivity index (χ2n) is 7.67. The second-order valence-corrected chi connectivity index (χ2v) is 7.67. The summed E-state index contributed by atoms with van der Waals surface area (Å²) in [6.07, 6.45) is 2.33. The average molecular weight is 411 g/mol. The van der Waals surface area contributed by atoms with Crippen molar-refractivity contribution in [2.45, 2.75) is 18.9 Å². The monoisotopic (exact) mass is 411 g/mol. The Morgan fingerprint density at radius 1 is 1.13 bits per heavy atom. The lowest BCUT2D eigenvalue weighted by Gasteiger charge is -2.34. The lowest BCUT2D eigenvalue weighted by molar-refractivity contribution is 0.0463. The number of carbonyl (C=O) groups excluding carboxylic acids is 1. The molecule has 1 amide bonds. The molecular weight excluding hydrogens is 388 g/mol. The minimum absolute atomic E-state index is 0.0689. The van der Waals surface area contributed by atoms with Gasteiger partial charge in [0.15, 0.2) is 0 Å². The number of aromatic nitrogens is 2. The molecule has 1 aliphatic heterocycles. The van der Waals surface area contributed by atoms with Gasteiger partial charge >= 0.3 is 0 Å². The summed E-state index contributed by atoms with van der Waals surface area (Å²) >= 11 is 0. The molecule has 30 heavy (non-hydrogen) atoms. The molecule has 2 heterocycles. The maximum absolute atomic E-state index is 14.3. The summed E-state index contributed by atoms with van der Waals surface area (Å²) in [7, 11) is 1.66. The Kier molecular flexibility index (Phi) is 5.63. The first-order valence-electron chi connectivity index (χ1n) is 9.95. The van der Waals surface area contributed by atoms with Crippen molar-refractivity contribution < 1.29 is 18.7 Å². The number of carbonyl (C=O) groups is 1. The third-order valence-corrected chi connectivity index (χ3v) is 5.66. The molecule has 156 valence electrons. The van der Waals surface area contributed by atoms with E-state index in [4.69, 9.17) is 0 Å². The van der Waals surface area contributed by atoms with E-state index in [-0.39, 0.29) is 28.6 Å². The second kappa shape index (κ2) is 8.36. The van der Waals surface area contributed by atoms with Crippen LogP contribution in [0, 0.1) is 17.6 Å². The van der Waals surface area contributed by atoms with E-state index < -0.39 is 17.7 Å². The summed E-state index contributed by atoms with van der Waals surface area (Å²) in [6, 6.07) is 12.7. The van der Waals surface area contributed by atoms with Crippen molar-refractivity contribution in [3.05, 3.63) is 77.5 Å². The molecule has 1 atom stereocenters. The highest BCUT2D eigenvalue weighted by Gasteiger charge is 2.30. The number of hydrogen-bond acceptors (Lipinski definition) is 3. The predicted octanol–water partition coefficient (Wildman–Crippen LogP) is 3.95. The minimum atomic E-state index is -0.757. The van der Waals surface area contributed by atoms with Crippen LogP contribution >= 0.6 is 0 Å². The van der Waals surface area contributed by atoms with Crippen LogP contribution in [0.4, 0.5) is 8.78 Å². The van der Waals surface area contributed by atoms with Crippen molar-refractivity contribution >= 4 is 5.91 Å². The third kappa shape index (κ3) is 3.98. The van der Waals surface area contributed by atoms with Crippen LogP contribution in [0.1, 0.15) is 34.9 Å². The number of aliphatic hydroxyl groups excluding tert-OH is 1. The van der Waals surface area contributed by atoms with Gasteiger partial charge in [-0.05, 0) is 36.5 Å². The molecule has 1 fully saturated rings. The molecule has 7 heteroatoms. The van der Waals surface area contributed by atoms with Gasteiger partial charge in [-0.15, -0.1) is 0 Å². The molecule has 0 saturated carbocycles. The van der Waals surface area contributed by atoms with Crippen LogP contribution in [0.5, 0.6) is 0 Å². The molecule has 4 rings (SSSR count). The fourth-order valence-corrected chi connectivity index (χ4v) is 4.04. The first-order valence-corrected chi connectivity index (χ1v) is 9.95. The zero-order valence-corrected chi connectivity index (χ0v) is 16.6. The quantitative estimate of drug-likeness (QED) is 0.707. The molecule has 0 radical (unpaired) electrons. The smallest absolute Gasteiger partial charge is 0.257 e. The molecule has 5 nitrogen and oxygen atoms in total. The van der Waals surface area contributed by atoms with E-state index in [0.29, 0.717) is 25.9 Å². The van der Waals surface area contributed by atoms with Crippen LogP contribution in [-0.2, 0) is 7.05 Å². The molecule has 1 aliphatic rings. The van der Waals surface area contributed by atoms with Gasteiger partial charge in [-0.3, -0.25) is 9.48 Å². The summed E-state index contributed by atoms with van der Waals surface area (Å²) in [6.45, 7) is 0.987. The maximum atomic E-state index is 14.3. The minimum Gasteiger partial charge on any atom is -0.388 e. The molecule has 0 aliphatic carbocycles. The summed E-state index contributed by atoms with van der Waals surface area (Å²) in [5, 5.41) is 14.9. The first-order chi connectivity index (χ1) is 14.4. The van der Waals surface area contributed by atoms with E-state index in [2.05, 4.69) is 5.10 Å². The number of rotatable bonds is 4. The van der Waals surface area contributed by atoms with E-state index in [1.807, 2.05) is 30.3 Å². The molecule has 1 N–H and O–H groups in total. The van der Waals surface area contributed by atoms with Crippen LogP contribution in [0.2, 0.25) is 0 Å². The van der Waals surface area contributed by atoms with Crippen LogP contribution in [0.3, 0.4) is 0 Å². The molecule has 0 bridgehead atoms. The van der Waals surface area contributed by atoms with Gasteiger partial charge in [0, 0.05) is 38.0 Å². The van der Waals surface area contributed by atoms with Gasteiger partial charge in [-0.1, -0.05) is 30.3 Å². The summed E-state index contributed by atoms with van der Waals surface area (Å²) in [5.74, 6) is -1.61. The molecule has 1 unspecified atom stereocenters. The molecule has 1 aromatic heterocycles. The Morgan fingerprint density at radius 2 is 1.83 bits per heavy atom. The Morgan fingerprint density at radius 3 is 2.50 bits per heavy atom. The summed E-state index contributed by atoms with van der Waals surface area (Å²) in [4.78, 5) is 14.9. The first kappa shape index (κ1) is 20.2. The standard InChI is InChI=1S/C23H23F2N3O2/c1-27-14-19(21(26-27)18-8-7-17(24)13-20(18)25)23(30)28-11-9-16(10-12-28)22(29)15-5-3-2-4-6-15/h2-8,13-14,16,22,29H,9-12H2,1H3. The highest BCUT2D eigenvalue weighted by molar-refractivity contribution is 5.99. The SMILES string of the molecule is Cn1cc(C(=O)N2CCC(C(O)c3ccccc3)CC2)c(-c2ccc(F)cc2F)n1. The van der Waals surface area contributed by atoms with Gasteiger partial charge in [-0.2, -0.15) is 5.10 Å². The maximum Gasteiger partial charge on any atom is 0.257 e. The highest BCUT2D eigenvalue weighted by atomic mass is 19.1. The Balaban J connectivity index is 1.50.